The third-order valence-electron chi connectivity index (χ3n) is 4.90. The summed E-state index contributed by atoms with van der Waals surface area (Å²) in [6, 6.07) is 5.63. The molecule has 1 aliphatic carbocycles. The standard InChI is InChI=1S/C20H15F5OS/c1-10-2-4-11(5-3-10)12-6-7-13-14-8-9-15(26-20(23,24)25)17(22)19(14)27-18(13)16(12)21/h4,6-10H,2-3,5H2,1H3. The number of rotatable bonds is 2. The van der Waals surface area contributed by atoms with Gasteiger partial charge in [-0.1, -0.05) is 25.1 Å². The van der Waals surface area contributed by atoms with Crippen LogP contribution in [-0.4, -0.2) is 6.36 Å². The summed E-state index contributed by atoms with van der Waals surface area (Å²) in [7, 11) is 0. The Morgan fingerprint density at radius 3 is 2.30 bits per heavy atom. The summed E-state index contributed by atoms with van der Waals surface area (Å²) >= 11 is 0.809. The molecule has 0 bridgehead atoms. The molecule has 0 spiro atoms. The largest absolute Gasteiger partial charge is 0.573 e. The Morgan fingerprint density at radius 1 is 1.00 bits per heavy atom. The van der Waals surface area contributed by atoms with Gasteiger partial charge in [-0.3, -0.25) is 0 Å². The molecule has 0 saturated carbocycles. The van der Waals surface area contributed by atoms with Gasteiger partial charge in [-0.15, -0.1) is 24.5 Å². The van der Waals surface area contributed by atoms with Crippen molar-refractivity contribution in [1.82, 2.24) is 0 Å². The van der Waals surface area contributed by atoms with Crippen LogP contribution in [0.2, 0.25) is 0 Å². The number of ether oxygens (including phenoxy) is 1. The highest BCUT2D eigenvalue weighted by Gasteiger charge is 2.33. The normalized spacial score (nSPS) is 18.1. The highest BCUT2D eigenvalue weighted by Crippen LogP contribution is 2.43. The van der Waals surface area contributed by atoms with Crippen LogP contribution in [0, 0.1) is 17.6 Å². The topological polar surface area (TPSA) is 9.23 Å². The molecule has 7 heteroatoms. The van der Waals surface area contributed by atoms with E-state index in [1.807, 2.05) is 6.08 Å². The molecule has 1 aliphatic rings. The van der Waals surface area contributed by atoms with Crippen LogP contribution >= 0.6 is 11.3 Å². The lowest BCUT2D eigenvalue weighted by Crippen LogP contribution is -2.17. The predicted octanol–water partition coefficient (Wildman–Crippen LogP) is 7.43. The number of alkyl halides is 3. The van der Waals surface area contributed by atoms with Gasteiger partial charge in [0.1, 0.15) is 5.82 Å². The molecule has 1 aromatic heterocycles. The summed E-state index contributed by atoms with van der Waals surface area (Å²) in [5, 5.41) is 0.859. The fourth-order valence-electron chi connectivity index (χ4n) is 3.48. The van der Waals surface area contributed by atoms with Gasteiger partial charge in [0.25, 0.3) is 0 Å². The van der Waals surface area contributed by atoms with E-state index in [4.69, 9.17) is 0 Å². The fraction of sp³-hybridized carbons (Fsp3) is 0.300. The molecule has 0 amide bonds. The molecule has 0 aliphatic heterocycles. The van der Waals surface area contributed by atoms with Crippen LogP contribution in [-0.2, 0) is 0 Å². The quantitative estimate of drug-likeness (QED) is 0.408. The van der Waals surface area contributed by atoms with Crippen molar-refractivity contribution in [2.75, 3.05) is 0 Å². The van der Waals surface area contributed by atoms with Crippen LogP contribution in [0.5, 0.6) is 5.75 Å². The van der Waals surface area contributed by atoms with Crippen LogP contribution in [0.3, 0.4) is 0 Å². The van der Waals surface area contributed by atoms with Gasteiger partial charge in [0.05, 0.1) is 9.40 Å². The molecule has 27 heavy (non-hydrogen) atoms. The molecule has 0 saturated heterocycles. The zero-order chi connectivity index (χ0) is 19.3. The SMILES string of the molecule is CC1CC=C(c2ccc3c(sc4c(F)c(OC(F)(F)F)ccc43)c2F)CC1. The number of thiophene rings is 1. The Kier molecular flexibility index (Phi) is 4.37. The Morgan fingerprint density at radius 2 is 1.67 bits per heavy atom. The number of allylic oxidation sites excluding steroid dienone is 2. The van der Waals surface area contributed by atoms with Crippen molar-refractivity contribution in [3.63, 3.8) is 0 Å². The predicted molar refractivity (Wildman–Crippen MR) is 96.9 cm³/mol. The minimum Gasteiger partial charge on any atom is -0.403 e. The summed E-state index contributed by atoms with van der Waals surface area (Å²) in [6.45, 7) is 2.14. The first-order valence-electron chi connectivity index (χ1n) is 8.53. The number of hydrogen-bond acceptors (Lipinski definition) is 2. The van der Waals surface area contributed by atoms with E-state index in [0.717, 1.165) is 42.2 Å². The first-order valence-corrected chi connectivity index (χ1v) is 9.34. The van der Waals surface area contributed by atoms with Gasteiger partial charge < -0.3 is 4.74 Å². The van der Waals surface area contributed by atoms with Crippen LogP contribution in [0.1, 0.15) is 31.7 Å². The van der Waals surface area contributed by atoms with Crippen molar-refractivity contribution in [3.8, 4) is 5.75 Å². The molecule has 142 valence electrons. The highest BCUT2D eigenvalue weighted by atomic mass is 32.1. The highest BCUT2D eigenvalue weighted by molar-refractivity contribution is 7.25. The van der Waals surface area contributed by atoms with Gasteiger partial charge in [0.2, 0.25) is 0 Å². The summed E-state index contributed by atoms with van der Waals surface area (Å²) in [5.74, 6) is -1.93. The molecule has 0 N–H and O–H groups in total. The average molecular weight is 398 g/mol. The summed E-state index contributed by atoms with van der Waals surface area (Å²) < 4.78 is 70.8. The van der Waals surface area contributed by atoms with E-state index in [0.29, 0.717) is 22.3 Å². The number of hydrogen-bond donors (Lipinski definition) is 0. The molecular weight excluding hydrogens is 383 g/mol. The van der Waals surface area contributed by atoms with Gasteiger partial charge >= 0.3 is 6.36 Å². The third-order valence-corrected chi connectivity index (χ3v) is 6.10. The number of benzene rings is 2. The van der Waals surface area contributed by atoms with Gasteiger partial charge in [-0.25, -0.2) is 8.78 Å². The van der Waals surface area contributed by atoms with E-state index in [1.165, 1.54) is 6.07 Å². The van der Waals surface area contributed by atoms with E-state index in [1.54, 1.807) is 12.1 Å². The maximum absolute atomic E-state index is 15.1. The Balaban J connectivity index is 1.86. The second-order valence-electron chi connectivity index (χ2n) is 6.82. The van der Waals surface area contributed by atoms with Crippen LogP contribution in [0.4, 0.5) is 22.0 Å². The van der Waals surface area contributed by atoms with E-state index in [9.17, 15) is 17.6 Å². The lowest BCUT2D eigenvalue weighted by atomic mass is 9.87. The molecule has 1 atom stereocenters. The lowest BCUT2D eigenvalue weighted by Gasteiger charge is -2.19. The van der Waals surface area contributed by atoms with Crippen molar-refractivity contribution < 1.29 is 26.7 Å². The van der Waals surface area contributed by atoms with Crippen LogP contribution in [0.25, 0.3) is 25.7 Å². The third kappa shape index (κ3) is 3.29. The first-order chi connectivity index (χ1) is 12.7. The molecule has 3 aromatic rings. The van der Waals surface area contributed by atoms with E-state index in [2.05, 4.69) is 11.7 Å². The Labute approximate surface area is 156 Å². The van der Waals surface area contributed by atoms with Crippen molar-refractivity contribution in [3.05, 3.63) is 47.5 Å². The molecule has 2 aromatic carbocycles. The molecular formula is C20H15F5OS. The maximum Gasteiger partial charge on any atom is 0.573 e. The van der Waals surface area contributed by atoms with Crippen molar-refractivity contribution >= 4 is 37.1 Å². The van der Waals surface area contributed by atoms with Crippen molar-refractivity contribution in [2.24, 2.45) is 5.92 Å². The zero-order valence-electron chi connectivity index (χ0n) is 14.3. The molecule has 0 radical (unpaired) electrons. The fourth-order valence-corrected chi connectivity index (χ4v) is 4.65. The summed E-state index contributed by atoms with van der Waals surface area (Å²) in [6.07, 6.45) is -0.337. The lowest BCUT2D eigenvalue weighted by molar-refractivity contribution is -0.275. The first kappa shape index (κ1) is 18.2. The van der Waals surface area contributed by atoms with Crippen LogP contribution in [0.15, 0.2) is 30.3 Å². The molecule has 1 heterocycles. The molecule has 1 unspecified atom stereocenters. The number of halogens is 5. The van der Waals surface area contributed by atoms with E-state index < -0.39 is 23.7 Å². The average Bonchev–Trinajstić information content (AvgIpc) is 2.98. The smallest absolute Gasteiger partial charge is 0.403 e. The Hall–Kier alpha value is -2.15. The van der Waals surface area contributed by atoms with Gasteiger partial charge in [0, 0.05) is 16.3 Å². The zero-order valence-corrected chi connectivity index (χ0v) is 15.1. The summed E-state index contributed by atoms with van der Waals surface area (Å²) in [5.41, 5.74) is 1.40. The number of fused-ring (bicyclic) bond motifs is 3. The van der Waals surface area contributed by atoms with E-state index >= 15 is 4.39 Å². The van der Waals surface area contributed by atoms with Gasteiger partial charge in [-0.2, -0.15) is 0 Å². The van der Waals surface area contributed by atoms with Gasteiger partial charge in [-0.05, 0) is 42.9 Å². The van der Waals surface area contributed by atoms with Crippen molar-refractivity contribution in [2.45, 2.75) is 32.5 Å². The van der Waals surface area contributed by atoms with Crippen molar-refractivity contribution in [1.29, 1.82) is 0 Å². The Bertz CT molecular complexity index is 1060. The monoisotopic (exact) mass is 398 g/mol. The van der Waals surface area contributed by atoms with Crippen LogP contribution < -0.4 is 4.74 Å². The summed E-state index contributed by atoms with van der Waals surface area (Å²) in [4.78, 5) is 0. The second kappa shape index (κ2) is 6.48. The molecule has 0 fully saturated rings. The molecule has 1 nitrogen and oxygen atoms in total. The minimum atomic E-state index is -4.99. The van der Waals surface area contributed by atoms with Gasteiger partial charge in [0.15, 0.2) is 11.6 Å². The van der Waals surface area contributed by atoms with E-state index in [-0.39, 0.29) is 9.40 Å². The minimum absolute atomic E-state index is 0.0472. The molecule has 4 rings (SSSR count). The maximum atomic E-state index is 15.1. The second-order valence-corrected chi connectivity index (χ2v) is 7.84.